The van der Waals surface area contributed by atoms with E-state index in [1.165, 1.54) is 0 Å². The zero-order valence-corrected chi connectivity index (χ0v) is 9.75. The van der Waals surface area contributed by atoms with Crippen LogP contribution in [0.3, 0.4) is 0 Å². The Bertz CT molecular complexity index is 322. The molecule has 2 amide bonds. The zero-order valence-electron chi connectivity index (χ0n) is 9.75. The molecule has 0 saturated heterocycles. The monoisotopic (exact) mass is 222 g/mol. The number of anilines is 1. The second-order valence-electron chi connectivity index (χ2n) is 3.36. The van der Waals surface area contributed by atoms with E-state index in [0.717, 1.165) is 17.9 Å². The van der Waals surface area contributed by atoms with Crippen molar-refractivity contribution in [3.8, 4) is 5.75 Å². The van der Waals surface area contributed by atoms with Crippen LogP contribution in [-0.4, -0.2) is 19.2 Å². The Morgan fingerprint density at radius 2 is 1.94 bits per heavy atom. The molecule has 4 nitrogen and oxygen atoms in total. The zero-order chi connectivity index (χ0) is 11.8. The molecule has 0 radical (unpaired) electrons. The molecule has 1 rings (SSSR count). The van der Waals surface area contributed by atoms with Gasteiger partial charge in [0.25, 0.3) is 0 Å². The first kappa shape index (κ1) is 12.4. The lowest BCUT2D eigenvalue weighted by Crippen LogP contribution is -2.28. The summed E-state index contributed by atoms with van der Waals surface area (Å²) in [7, 11) is 0. The molecule has 0 unspecified atom stereocenters. The summed E-state index contributed by atoms with van der Waals surface area (Å²) >= 11 is 0. The molecule has 1 aromatic rings. The van der Waals surface area contributed by atoms with Gasteiger partial charge < -0.3 is 15.4 Å². The number of urea groups is 1. The topological polar surface area (TPSA) is 50.4 Å². The first-order chi connectivity index (χ1) is 7.76. The molecular weight excluding hydrogens is 204 g/mol. The number of ether oxygens (including phenoxy) is 1. The van der Waals surface area contributed by atoms with E-state index in [9.17, 15) is 4.79 Å². The molecule has 0 saturated carbocycles. The van der Waals surface area contributed by atoms with Crippen molar-refractivity contribution >= 4 is 11.7 Å². The molecule has 0 atom stereocenters. The predicted octanol–water partition coefficient (Wildman–Crippen LogP) is 2.62. The lowest BCUT2D eigenvalue weighted by molar-refractivity contribution is 0.252. The van der Waals surface area contributed by atoms with Gasteiger partial charge in [-0.05, 0) is 37.6 Å². The van der Waals surface area contributed by atoms with E-state index in [1.807, 2.05) is 31.2 Å². The van der Waals surface area contributed by atoms with Crippen molar-refractivity contribution < 1.29 is 9.53 Å². The maximum absolute atomic E-state index is 11.2. The first-order valence-corrected chi connectivity index (χ1v) is 5.54. The number of rotatable bonds is 5. The van der Waals surface area contributed by atoms with Gasteiger partial charge >= 0.3 is 6.03 Å². The van der Waals surface area contributed by atoms with Crippen LogP contribution in [0.25, 0.3) is 0 Å². The Morgan fingerprint density at radius 3 is 2.50 bits per heavy atom. The average Bonchev–Trinajstić information content (AvgIpc) is 2.28. The van der Waals surface area contributed by atoms with Crippen LogP contribution in [0.5, 0.6) is 5.75 Å². The second-order valence-corrected chi connectivity index (χ2v) is 3.36. The van der Waals surface area contributed by atoms with Gasteiger partial charge in [0, 0.05) is 12.2 Å². The van der Waals surface area contributed by atoms with Gasteiger partial charge in [-0.2, -0.15) is 0 Å². The van der Waals surface area contributed by atoms with Gasteiger partial charge in [-0.15, -0.1) is 0 Å². The third kappa shape index (κ3) is 4.21. The van der Waals surface area contributed by atoms with Crippen LogP contribution in [0.2, 0.25) is 0 Å². The number of benzene rings is 1. The highest BCUT2D eigenvalue weighted by molar-refractivity contribution is 5.89. The van der Waals surface area contributed by atoms with E-state index in [0.29, 0.717) is 13.2 Å². The molecule has 0 aliphatic heterocycles. The number of carbonyl (C=O) groups is 1. The van der Waals surface area contributed by atoms with Gasteiger partial charge in [0.1, 0.15) is 5.75 Å². The van der Waals surface area contributed by atoms with Gasteiger partial charge in [-0.3, -0.25) is 0 Å². The molecule has 0 spiro atoms. The molecule has 2 N–H and O–H groups in total. The lowest BCUT2D eigenvalue weighted by Gasteiger charge is -2.07. The minimum absolute atomic E-state index is 0.190. The molecular formula is C12H18N2O2. The normalized spacial score (nSPS) is 9.62. The molecule has 0 fully saturated rings. The Hall–Kier alpha value is -1.71. The Labute approximate surface area is 96.0 Å². The summed E-state index contributed by atoms with van der Waals surface area (Å²) in [5.74, 6) is 0.822. The molecule has 0 aliphatic rings. The highest BCUT2D eigenvalue weighted by atomic mass is 16.5. The molecule has 0 aromatic heterocycles. The lowest BCUT2D eigenvalue weighted by atomic mass is 10.3. The molecule has 4 heteroatoms. The molecule has 0 heterocycles. The van der Waals surface area contributed by atoms with Gasteiger partial charge in [0.2, 0.25) is 0 Å². The minimum Gasteiger partial charge on any atom is -0.494 e. The van der Waals surface area contributed by atoms with Crippen LogP contribution >= 0.6 is 0 Å². The summed E-state index contributed by atoms with van der Waals surface area (Å²) in [6.45, 7) is 5.26. The van der Waals surface area contributed by atoms with E-state index in [-0.39, 0.29) is 6.03 Å². The van der Waals surface area contributed by atoms with Crippen LogP contribution in [0, 0.1) is 0 Å². The Balaban J connectivity index is 2.47. The minimum atomic E-state index is -0.190. The smallest absolute Gasteiger partial charge is 0.319 e. The molecule has 0 bridgehead atoms. The molecule has 1 aromatic carbocycles. The number of nitrogens with one attached hydrogen (secondary N) is 2. The Morgan fingerprint density at radius 1 is 1.25 bits per heavy atom. The van der Waals surface area contributed by atoms with Gasteiger partial charge in [0.15, 0.2) is 0 Å². The summed E-state index contributed by atoms with van der Waals surface area (Å²) < 4.78 is 5.43. The summed E-state index contributed by atoms with van der Waals surface area (Å²) in [4.78, 5) is 11.2. The highest BCUT2D eigenvalue weighted by Gasteiger charge is 1.99. The summed E-state index contributed by atoms with van der Waals surface area (Å²) in [6.07, 6.45) is 0.985. The van der Waals surface area contributed by atoms with E-state index in [1.54, 1.807) is 0 Å². The highest BCUT2D eigenvalue weighted by Crippen LogP contribution is 2.15. The molecule has 16 heavy (non-hydrogen) atoms. The van der Waals surface area contributed by atoms with Gasteiger partial charge in [-0.25, -0.2) is 4.79 Å². The van der Waals surface area contributed by atoms with Gasteiger partial charge in [0.05, 0.1) is 6.61 Å². The summed E-state index contributed by atoms with van der Waals surface area (Å²) in [5.41, 5.74) is 0.759. The average molecular weight is 222 g/mol. The van der Waals surface area contributed by atoms with Crippen molar-refractivity contribution in [1.29, 1.82) is 0 Å². The summed E-state index contributed by atoms with van der Waals surface area (Å²) in [5, 5.41) is 5.38. The van der Waals surface area contributed by atoms with Crippen LogP contribution in [0.1, 0.15) is 20.3 Å². The largest absolute Gasteiger partial charge is 0.494 e. The van der Waals surface area contributed by atoms with Crippen molar-refractivity contribution in [2.75, 3.05) is 18.5 Å². The van der Waals surface area contributed by atoms with Crippen molar-refractivity contribution in [1.82, 2.24) is 5.32 Å². The van der Waals surface area contributed by atoms with Crippen molar-refractivity contribution in [3.05, 3.63) is 24.3 Å². The third-order valence-corrected chi connectivity index (χ3v) is 1.92. The Kier molecular flexibility index (Phi) is 5.19. The van der Waals surface area contributed by atoms with Crippen molar-refractivity contribution in [2.45, 2.75) is 20.3 Å². The first-order valence-electron chi connectivity index (χ1n) is 5.54. The predicted molar refractivity (Wildman–Crippen MR) is 64.9 cm³/mol. The maximum atomic E-state index is 11.2. The fourth-order valence-electron chi connectivity index (χ4n) is 1.19. The molecule has 88 valence electrons. The quantitative estimate of drug-likeness (QED) is 0.804. The van der Waals surface area contributed by atoms with Crippen molar-refractivity contribution in [3.63, 3.8) is 0 Å². The summed E-state index contributed by atoms with van der Waals surface area (Å²) in [6, 6.07) is 7.14. The third-order valence-electron chi connectivity index (χ3n) is 1.92. The standard InChI is InChI=1S/C12H18N2O2/c1-3-9-16-11-7-5-10(6-8-11)14-12(15)13-4-2/h5-8H,3-4,9H2,1-2H3,(H2,13,14,15). The van der Waals surface area contributed by atoms with E-state index in [4.69, 9.17) is 4.74 Å². The van der Waals surface area contributed by atoms with E-state index in [2.05, 4.69) is 17.6 Å². The SMILES string of the molecule is CCCOc1ccc(NC(=O)NCC)cc1. The van der Waals surface area contributed by atoms with Crippen molar-refractivity contribution in [2.24, 2.45) is 0 Å². The molecule has 0 aliphatic carbocycles. The van der Waals surface area contributed by atoms with Crippen LogP contribution in [0.15, 0.2) is 24.3 Å². The van der Waals surface area contributed by atoms with E-state index < -0.39 is 0 Å². The van der Waals surface area contributed by atoms with Crippen LogP contribution in [0.4, 0.5) is 10.5 Å². The number of amides is 2. The number of hydrogen-bond acceptors (Lipinski definition) is 2. The number of hydrogen-bond donors (Lipinski definition) is 2. The maximum Gasteiger partial charge on any atom is 0.319 e. The van der Waals surface area contributed by atoms with Crippen LogP contribution < -0.4 is 15.4 Å². The van der Waals surface area contributed by atoms with Gasteiger partial charge in [-0.1, -0.05) is 6.92 Å². The fourth-order valence-corrected chi connectivity index (χ4v) is 1.19. The fraction of sp³-hybridized carbons (Fsp3) is 0.417. The number of carbonyl (C=O) groups excluding carboxylic acids is 1. The van der Waals surface area contributed by atoms with Crippen LogP contribution in [-0.2, 0) is 0 Å². The second kappa shape index (κ2) is 6.71. The van der Waals surface area contributed by atoms with E-state index >= 15 is 0 Å².